The van der Waals surface area contributed by atoms with E-state index in [1.165, 1.54) is 28.5 Å². The number of aliphatic carboxylic acids is 1. The van der Waals surface area contributed by atoms with Gasteiger partial charge in [-0.3, -0.25) is 19.2 Å². The number of hydrogen-bond donors (Lipinski definition) is 5. The van der Waals surface area contributed by atoms with Crippen LogP contribution in [0.2, 0.25) is 0 Å². The van der Waals surface area contributed by atoms with Crippen molar-refractivity contribution in [1.82, 2.24) is 16.0 Å². The fraction of sp³-hybridized carbons (Fsp3) is 0.643. The van der Waals surface area contributed by atoms with Crippen molar-refractivity contribution in [3.63, 3.8) is 0 Å². The van der Waals surface area contributed by atoms with E-state index in [9.17, 15) is 29.1 Å². The lowest BCUT2D eigenvalue weighted by Gasteiger charge is -2.18. The van der Waals surface area contributed by atoms with Crippen LogP contribution >= 0.6 is 21.6 Å². The molecule has 0 saturated heterocycles. The third kappa shape index (κ3) is 11.7. The summed E-state index contributed by atoms with van der Waals surface area (Å²) < 4.78 is 0. The summed E-state index contributed by atoms with van der Waals surface area (Å²) in [4.78, 5) is 54.8. The van der Waals surface area contributed by atoms with Gasteiger partial charge < -0.3 is 31.0 Å². The topological polar surface area (TPSA) is 162 Å². The third-order valence-corrected chi connectivity index (χ3v) is 5.31. The van der Waals surface area contributed by atoms with E-state index in [1.807, 2.05) is 0 Å². The Morgan fingerprint density at radius 2 is 1.81 bits per heavy atom. The van der Waals surface area contributed by atoms with Crippen molar-refractivity contribution in [3.05, 3.63) is 0 Å². The van der Waals surface area contributed by atoms with Crippen LogP contribution in [0.3, 0.4) is 0 Å². The largest absolute Gasteiger partial charge is 0.481 e. The summed E-state index contributed by atoms with van der Waals surface area (Å²) in [5, 5.41) is 25.1. The van der Waals surface area contributed by atoms with Gasteiger partial charge in [-0.2, -0.15) is 0 Å². The van der Waals surface area contributed by atoms with Gasteiger partial charge in [0, 0.05) is 24.5 Å². The number of amides is 3. The number of aliphatic hydroxyl groups excluding tert-OH is 1. The van der Waals surface area contributed by atoms with Gasteiger partial charge in [-0.15, -0.1) is 0 Å². The Balaban J connectivity index is 3.82. The van der Waals surface area contributed by atoms with Crippen LogP contribution in [0, 0.1) is 0 Å². The van der Waals surface area contributed by atoms with Crippen LogP contribution < -0.4 is 16.0 Å². The molecule has 0 aliphatic heterocycles. The zero-order valence-corrected chi connectivity index (χ0v) is 15.8. The van der Waals surface area contributed by atoms with E-state index in [4.69, 9.17) is 5.11 Å². The Bertz CT molecular complexity index is 491. The normalized spacial score (nSPS) is 13.8. The second-order valence-corrected chi connectivity index (χ2v) is 7.80. The average Bonchev–Trinajstić information content (AvgIpc) is 2.57. The Morgan fingerprint density at radius 1 is 1.15 bits per heavy atom. The van der Waals surface area contributed by atoms with E-state index >= 15 is 0 Å². The van der Waals surface area contributed by atoms with Crippen LogP contribution in [-0.4, -0.2) is 76.9 Å². The lowest BCUT2D eigenvalue weighted by molar-refractivity contribution is -0.138. The minimum absolute atomic E-state index is 0.126. The molecule has 0 aromatic carbocycles. The maximum absolute atomic E-state index is 11.7. The fourth-order valence-corrected chi connectivity index (χ4v) is 3.58. The van der Waals surface area contributed by atoms with Gasteiger partial charge in [-0.1, -0.05) is 21.6 Å². The van der Waals surface area contributed by atoms with Crippen LogP contribution in [0.25, 0.3) is 0 Å². The smallest absolute Gasteiger partial charge is 0.305 e. The van der Waals surface area contributed by atoms with Crippen molar-refractivity contribution in [3.8, 4) is 0 Å². The van der Waals surface area contributed by atoms with Crippen LogP contribution in [0.15, 0.2) is 0 Å². The van der Waals surface area contributed by atoms with Crippen molar-refractivity contribution < 1.29 is 34.2 Å². The Kier molecular flexibility index (Phi) is 13.4. The average molecular weight is 409 g/mol. The van der Waals surface area contributed by atoms with Crippen LogP contribution in [0.4, 0.5) is 0 Å². The molecule has 0 aromatic heterocycles. The molecule has 0 bridgehead atoms. The maximum atomic E-state index is 11.7. The molecule has 3 amide bonds. The van der Waals surface area contributed by atoms with Crippen molar-refractivity contribution in [2.24, 2.45) is 0 Å². The van der Waals surface area contributed by atoms with Gasteiger partial charge in [0.2, 0.25) is 18.2 Å². The van der Waals surface area contributed by atoms with Crippen molar-refractivity contribution in [2.45, 2.75) is 38.0 Å². The summed E-state index contributed by atoms with van der Waals surface area (Å²) in [6.45, 7) is 1.71. The quantitative estimate of drug-likeness (QED) is 0.123. The zero-order chi connectivity index (χ0) is 19.9. The van der Waals surface area contributed by atoms with E-state index in [-0.39, 0.29) is 6.42 Å². The Morgan fingerprint density at radius 3 is 2.35 bits per heavy atom. The Hall–Kier alpha value is -1.79. The summed E-state index contributed by atoms with van der Waals surface area (Å²) in [6, 6.07) is -2.04. The molecule has 148 valence electrons. The molecule has 0 spiro atoms. The molecule has 0 radical (unpaired) electrons. The van der Waals surface area contributed by atoms with Gasteiger partial charge in [0.15, 0.2) is 0 Å². The molecule has 10 nitrogen and oxygen atoms in total. The van der Waals surface area contributed by atoms with Gasteiger partial charge in [-0.25, -0.2) is 0 Å². The summed E-state index contributed by atoms with van der Waals surface area (Å²) in [5.41, 5.74) is 0. The van der Waals surface area contributed by atoms with Crippen LogP contribution in [-0.2, 0) is 24.0 Å². The molecule has 26 heavy (non-hydrogen) atoms. The first-order chi connectivity index (χ1) is 12.3. The molecule has 3 atom stereocenters. The van der Waals surface area contributed by atoms with E-state index < -0.39 is 42.4 Å². The first-order valence-corrected chi connectivity index (χ1v) is 10.2. The Labute approximate surface area is 158 Å². The van der Waals surface area contributed by atoms with Gasteiger partial charge in [0.25, 0.3) is 0 Å². The summed E-state index contributed by atoms with van der Waals surface area (Å²) in [7, 11) is 2.80. The molecule has 5 N–H and O–H groups in total. The summed E-state index contributed by atoms with van der Waals surface area (Å²) >= 11 is 0. The molecule has 0 saturated carbocycles. The number of hydrogen-bond acceptors (Lipinski definition) is 8. The number of aliphatic hydroxyl groups is 1. The van der Waals surface area contributed by atoms with Gasteiger partial charge >= 0.3 is 5.97 Å². The number of carboxylic acids is 1. The minimum Gasteiger partial charge on any atom is -0.481 e. The highest BCUT2D eigenvalue weighted by Crippen LogP contribution is 2.21. The van der Waals surface area contributed by atoms with Crippen LogP contribution in [0.5, 0.6) is 0 Å². The monoisotopic (exact) mass is 409 g/mol. The standard InChI is InChI=1S/C14H23N3O7S2/c1-9(20)13(16-8-19)14(24)15-3-5-26-25-4-2-11(21)17-10(7-18)6-12(22)23/h7-10,13,20H,2-6H2,1H3,(H,15,24)(H,16,19)(H,17,21)(H,22,23). The highest BCUT2D eigenvalue weighted by Gasteiger charge is 2.22. The summed E-state index contributed by atoms with van der Waals surface area (Å²) in [5.74, 6) is -1.08. The molecule has 0 heterocycles. The number of rotatable bonds is 15. The lowest BCUT2D eigenvalue weighted by atomic mass is 10.2. The highest BCUT2D eigenvalue weighted by atomic mass is 33.1. The zero-order valence-electron chi connectivity index (χ0n) is 14.2. The number of carbonyl (C=O) groups is 5. The van der Waals surface area contributed by atoms with Gasteiger partial charge in [0.1, 0.15) is 12.3 Å². The number of aldehydes is 1. The van der Waals surface area contributed by atoms with E-state index in [1.54, 1.807) is 0 Å². The fourth-order valence-electron chi connectivity index (χ4n) is 1.69. The molecule has 0 aliphatic rings. The highest BCUT2D eigenvalue weighted by molar-refractivity contribution is 8.76. The lowest BCUT2D eigenvalue weighted by Crippen LogP contribution is -2.50. The molecule has 0 aliphatic carbocycles. The molecule has 0 rings (SSSR count). The van der Waals surface area contributed by atoms with Crippen LogP contribution in [0.1, 0.15) is 19.8 Å². The van der Waals surface area contributed by atoms with E-state index in [0.717, 1.165) is 0 Å². The van der Waals surface area contributed by atoms with Crippen molar-refractivity contribution in [1.29, 1.82) is 0 Å². The SMILES string of the molecule is CC(O)C(NC=O)C(=O)NCCSSCCC(=O)NC(C=O)CC(=O)O. The van der Waals surface area contributed by atoms with Gasteiger partial charge in [-0.05, 0) is 6.92 Å². The second kappa shape index (κ2) is 14.4. The molecule has 12 heteroatoms. The third-order valence-electron chi connectivity index (χ3n) is 2.90. The molecular weight excluding hydrogens is 386 g/mol. The van der Waals surface area contributed by atoms with E-state index in [0.29, 0.717) is 30.7 Å². The molecule has 0 aromatic rings. The second-order valence-electron chi connectivity index (χ2n) is 5.10. The number of carboxylic acid groups (broad SMARTS) is 1. The summed E-state index contributed by atoms with van der Waals surface area (Å²) in [6.07, 6.45) is -0.614. The maximum Gasteiger partial charge on any atom is 0.305 e. The number of nitrogens with one attached hydrogen (secondary N) is 3. The van der Waals surface area contributed by atoms with Crippen molar-refractivity contribution >= 4 is 52.1 Å². The first-order valence-electron chi connectivity index (χ1n) is 7.68. The van der Waals surface area contributed by atoms with E-state index in [2.05, 4.69) is 16.0 Å². The van der Waals surface area contributed by atoms with Gasteiger partial charge in [0.05, 0.1) is 18.6 Å². The molecular formula is C14H23N3O7S2. The number of carbonyl (C=O) groups excluding carboxylic acids is 4. The minimum atomic E-state index is -1.17. The van der Waals surface area contributed by atoms with Crippen molar-refractivity contribution in [2.75, 3.05) is 18.1 Å². The predicted molar refractivity (Wildman–Crippen MR) is 97.5 cm³/mol. The predicted octanol–water partition coefficient (Wildman–Crippen LogP) is -1.47. The molecule has 0 fully saturated rings. The first kappa shape index (κ1) is 24.2. The molecule has 3 unspecified atom stereocenters.